The average molecular weight is 287 g/mol. The molecule has 0 amide bonds. The third-order valence-corrected chi connectivity index (χ3v) is 3.12. The number of hydrogen-bond donors (Lipinski definition) is 1. The summed E-state index contributed by atoms with van der Waals surface area (Å²) in [5.74, 6) is 2.88. The van der Waals surface area contributed by atoms with Crippen molar-refractivity contribution in [3.05, 3.63) is 41.2 Å². The molecule has 0 saturated heterocycles. The number of ether oxygens (including phenoxy) is 2. The molecule has 1 N–H and O–H groups in total. The highest BCUT2D eigenvalue weighted by Gasteiger charge is 2.11. The molecule has 0 aliphatic carbocycles. The lowest BCUT2D eigenvalue weighted by atomic mass is 10.2. The van der Waals surface area contributed by atoms with Gasteiger partial charge in [-0.2, -0.15) is 4.98 Å². The highest BCUT2D eigenvalue weighted by molar-refractivity contribution is 5.49. The molecule has 0 unspecified atom stereocenters. The van der Waals surface area contributed by atoms with Crippen molar-refractivity contribution in [2.24, 2.45) is 0 Å². The third-order valence-electron chi connectivity index (χ3n) is 3.12. The van der Waals surface area contributed by atoms with E-state index < -0.39 is 0 Å². The van der Waals surface area contributed by atoms with Crippen LogP contribution in [0.4, 0.5) is 5.82 Å². The van der Waals surface area contributed by atoms with Gasteiger partial charge in [-0.05, 0) is 24.6 Å². The van der Waals surface area contributed by atoms with Crippen molar-refractivity contribution in [2.45, 2.75) is 26.9 Å². The molecule has 0 radical (unpaired) electrons. The van der Waals surface area contributed by atoms with Gasteiger partial charge in [0.15, 0.2) is 0 Å². The van der Waals surface area contributed by atoms with E-state index in [0.29, 0.717) is 12.5 Å². The smallest absolute Gasteiger partial charge is 0.227 e. The molecule has 0 fully saturated rings. The van der Waals surface area contributed by atoms with Crippen molar-refractivity contribution in [2.75, 3.05) is 19.5 Å². The van der Waals surface area contributed by atoms with Crippen LogP contribution in [0.2, 0.25) is 0 Å². The second kappa shape index (κ2) is 7.04. The molecular weight excluding hydrogens is 266 g/mol. The molecule has 5 heteroatoms. The fourth-order valence-electron chi connectivity index (χ4n) is 2.02. The van der Waals surface area contributed by atoms with Gasteiger partial charge in [0, 0.05) is 20.6 Å². The standard InChI is InChI=1S/C16H21N3O2/c1-5-14-18-15(17-3)11(2)16(19-14)21-13-8-6-7-12(9-13)10-20-4/h6-9H,5,10H2,1-4H3,(H,17,18,19). The number of benzene rings is 1. The highest BCUT2D eigenvalue weighted by Crippen LogP contribution is 2.27. The predicted octanol–water partition coefficient (Wildman–Crippen LogP) is 3.33. The van der Waals surface area contributed by atoms with Gasteiger partial charge >= 0.3 is 0 Å². The molecular formula is C16H21N3O2. The summed E-state index contributed by atoms with van der Waals surface area (Å²) in [6.07, 6.45) is 0.759. The van der Waals surface area contributed by atoms with Gasteiger partial charge in [-0.3, -0.25) is 0 Å². The molecule has 0 aliphatic heterocycles. The van der Waals surface area contributed by atoms with E-state index in [9.17, 15) is 0 Å². The van der Waals surface area contributed by atoms with E-state index in [1.54, 1.807) is 7.11 Å². The first-order valence-electron chi connectivity index (χ1n) is 6.99. The van der Waals surface area contributed by atoms with Crippen molar-refractivity contribution in [3.63, 3.8) is 0 Å². The first kappa shape index (κ1) is 15.3. The Labute approximate surface area is 125 Å². The molecule has 0 atom stereocenters. The van der Waals surface area contributed by atoms with Crippen LogP contribution in [-0.2, 0) is 17.8 Å². The Bertz CT molecular complexity index is 614. The van der Waals surface area contributed by atoms with E-state index in [1.165, 1.54) is 0 Å². The number of anilines is 1. The molecule has 1 heterocycles. The molecule has 0 saturated carbocycles. The SMILES string of the molecule is CCc1nc(NC)c(C)c(Oc2cccc(COC)c2)n1. The Morgan fingerprint density at radius 2 is 2.05 bits per heavy atom. The van der Waals surface area contributed by atoms with Crippen molar-refractivity contribution in [1.82, 2.24) is 9.97 Å². The molecule has 112 valence electrons. The molecule has 0 aliphatic rings. The van der Waals surface area contributed by atoms with E-state index in [0.717, 1.165) is 34.9 Å². The van der Waals surface area contributed by atoms with Crippen LogP contribution >= 0.6 is 0 Å². The molecule has 2 rings (SSSR count). The molecule has 1 aromatic heterocycles. The number of aromatic nitrogens is 2. The summed E-state index contributed by atoms with van der Waals surface area (Å²) in [6.45, 7) is 4.52. The minimum atomic E-state index is 0.557. The topological polar surface area (TPSA) is 56.3 Å². The molecule has 5 nitrogen and oxygen atoms in total. The lowest BCUT2D eigenvalue weighted by molar-refractivity contribution is 0.184. The lowest BCUT2D eigenvalue weighted by Gasteiger charge is -2.13. The summed E-state index contributed by atoms with van der Waals surface area (Å²) in [6, 6.07) is 7.81. The van der Waals surface area contributed by atoms with Gasteiger partial charge in [-0.15, -0.1) is 0 Å². The fraction of sp³-hybridized carbons (Fsp3) is 0.375. The van der Waals surface area contributed by atoms with E-state index >= 15 is 0 Å². The zero-order valence-electron chi connectivity index (χ0n) is 12.9. The van der Waals surface area contributed by atoms with E-state index in [1.807, 2.05) is 45.2 Å². The Hall–Kier alpha value is -2.14. The van der Waals surface area contributed by atoms with Crippen LogP contribution in [0.25, 0.3) is 0 Å². The summed E-state index contributed by atoms with van der Waals surface area (Å²) in [5.41, 5.74) is 1.96. The molecule has 21 heavy (non-hydrogen) atoms. The van der Waals surface area contributed by atoms with Gasteiger partial charge in [0.05, 0.1) is 12.2 Å². The number of methoxy groups -OCH3 is 1. The van der Waals surface area contributed by atoms with Crippen LogP contribution in [0.3, 0.4) is 0 Å². The van der Waals surface area contributed by atoms with Crippen LogP contribution in [0.15, 0.2) is 24.3 Å². The lowest BCUT2D eigenvalue weighted by Crippen LogP contribution is -2.04. The Balaban J connectivity index is 2.32. The van der Waals surface area contributed by atoms with Gasteiger partial charge in [0.25, 0.3) is 0 Å². The molecule has 0 bridgehead atoms. The van der Waals surface area contributed by atoms with Crippen LogP contribution in [0.1, 0.15) is 23.9 Å². The monoisotopic (exact) mass is 287 g/mol. The summed E-state index contributed by atoms with van der Waals surface area (Å²) in [7, 11) is 3.52. The van der Waals surface area contributed by atoms with Crippen molar-refractivity contribution >= 4 is 5.82 Å². The van der Waals surface area contributed by atoms with E-state index in [2.05, 4.69) is 15.3 Å². The minimum absolute atomic E-state index is 0.557. The molecule has 2 aromatic rings. The molecule has 1 aromatic carbocycles. The summed E-state index contributed by atoms with van der Waals surface area (Å²) < 4.78 is 11.1. The second-order valence-corrected chi connectivity index (χ2v) is 4.70. The zero-order chi connectivity index (χ0) is 15.2. The van der Waals surface area contributed by atoms with Crippen molar-refractivity contribution in [1.29, 1.82) is 0 Å². The zero-order valence-corrected chi connectivity index (χ0v) is 12.9. The first-order valence-corrected chi connectivity index (χ1v) is 6.99. The summed E-state index contributed by atoms with van der Waals surface area (Å²) >= 11 is 0. The van der Waals surface area contributed by atoms with Crippen LogP contribution in [-0.4, -0.2) is 24.1 Å². The first-order chi connectivity index (χ1) is 10.2. The number of nitrogens with zero attached hydrogens (tertiary/aromatic N) is 2. The van der Waals surface area contributed by atoms with Gasteiger partial charge < -0.3 is 14.8 Å². The maximum Gasteiger partial charge on any atom is 0.227 e. The fourth-order valence-corrected chi connectivity index (χ4v) is 2.02. The Morgan fingerprint density at radius 1 is 1.24 bits per heavy atom. The average Bonchev–Trinajstić information content (AvgIpc) is 2.50. The van der Waals surface area contributed by atoms with Gasteiger partial charge in [-0.1, -0.05) is 19.1 Å². The second-order valence-electron chi connectivity index (χ2n) is 4.70. The maximum absolute atomic E-state index is 5.93. The number of rotatable bonds is 6. The quantitative estimate of drug-likeness (QED) is 0.883. The minimum Gasteiger partial charge on any atom is -0.439 e. The number of hydrogen-bond acceptors (Lipinski definition) is 5. The van der Waals surface area contributed by atoms with Crippen LogP contribution in [0.5, 0.6) is 11.6 Å². The largest absolute Gasteiger partial charge is 0.439 e. The predicted molar refractivity (Wildman–Crippen MR) is 82.9 cm³/mol. The van der Waals surface area contributed by atoms with Gasteiger partial charge in [0.1, 0.15) is 17.4 Å². The van der Waals surface area contributed by atoms with Crippen LogP contribution < -0.4 is 10.1 Å². The van der Waals surface area contributed by atoms with E-state index in [-0.39, 0.29) is 0 Å². The maximum atomic E-state index is 5.93. The Kier molecular flexibility index (Phi) is 5.11. The molecule has 0 spiro atoms. The number of nitrogens with one attached hydrogen (secondary N) is 1. The highest BCUT2D eigenvalue weighted by atomic mass is 16.5. The summed E-state index contributed by atoms with van der Waals surface area (Å²) in [5, 5.41) is 3.08. The normalized spacial score (nSPS) is 10.5. The van der Waals surface area contributed by atoms with Gasteiger partial charge in [0.2, 0.25) is 5.88 Å². The third kappa shape index (κ3) is 3.70. The van der Waals surface area contributed by atoms with Crippen molar-refractivity contribution in [3.8, 4) is 11.6 Å². The number of aryl methyl sites for hydroxylation is 1. The van der Waals surface area contributed by atoms with E-state index in [4.69, 9.17) is 9.47 Å². The Morgan fingerprint density at radius 3 is 2.71 bits per heavy atom. The van der Waals surface area contributed by atoms with Crippen LogP contribution in [0, 0.1) is 6.92 Å². The van der Waals surface area contributed by atoms with Crippen molar-refractivity contribution < 1.29 is 9.47 Å². The van der Waals surface area contributed by atoms with Gasteiger partial charge in [-0.25, -0.2) is 4.98 Å². The summed E-state index contributed by atoms with van der Waals surface area (Å²) in [4.78, 5) is 8.90.